The van der Waals surface area contributed by atoms with Gasteiger partial charge in [-0.1, -0.05) is 42.5 Å². The Bertz CT molecular complexity index is 764. The number of allylic oxidation sites excluding steroid dienone is 2. The molecule has 0 aromatic heterocycles. The maximum atomic E-state index is 13.1. The van der Waals surface area contributed by atoms with Crippen molar-refractivity contribution in [1.29, 1.82) is 0 Å². The van der Waals surface area contributed by atoms with Crippen molar-refractivity contribution < 1.29 is 24.2 Å². The molecule has 3 atom stereocenters. The first-order valence-corrected chi connectivity index (χ1v) is 10.6. The van der Waals surface area contributed by atoms with Crippen molar-refractivity contribution >= 4 is 17.8 Å². The van der Waals surface area contributed by atoms with Crippen molar-refractivity contribution in [2.45, 2.75) is 50.6 Å². The molecule has 7 heteroatoms. The smallest absolute Gasteiger partial charge is 0.306 e. The number of ether oxygens (including phenoxy) is 1. The molecule has 2 aliphatic rings. The normalized spacial score (nSPS) is 25.8. The van der Waals surface area contributed by atoms with E-state index in [0.29, 0.717) is 19.4 Å². The van der Waals surface area contributed by atoms with Crippen LogP contribution in [0.2, 0.25) is 0 Å². The molecule has 0 bridgehead atoms. The highest BCUT2D eigenvalue weighted by Crippen LogP contribution is 2.22. The largest absolute Gasteiger partial charge is 0.463 e. The topological polar surface area (TPSA) is 95.9 Å². The van der Waals surface area contributed by atoms with Crippen LogP contribution in [0.5, 0.6) is 0 Å². The molecule has 0 unspecified atom stereocenters. The van der Waals surface area contributed by atoms with Crippen LogP contribution in [0.15, 0.2) is 42.5 Å². The Morgan fingerprint density at radius 3 is 2.77 bits per heavy atom. The summed E-state index contributed by atoms with van der Waals surface area (Å²) in [5.41, 5.74) is 0.844. The van der Waals surface area contributed by atoms with Gasteiger partial charge in [-0.3, -0.25) is 14.4 Å². The fraction of sp³-hybridized carbons (Fsp3) is 0.522. The molecule has 162 valence electrons. The van der Waals surface area contributed by atoms with Gasteiger partial charge in [0, 0.05) is 19.4 Å². The van der Waals surface area contributed by atoms with E-state index in [9.17, 15) is 19.5 Å². The number of carbonyl (C=O) groups excluding carboxylic acids is 3. The molecule has 1 fully saturated rings. The molecule has 2 heterocycles. The average Bonchev–Trinajstić information content (AvgIpc) is 3.24. The molecule has 3 rings (SSSR count). The third-order valence-electron chi connectivity index (χ3n) is 5.73. The van der Waals surface area contributed by atoms with E-state index >= 15 is 0 Å². The summed E-state index contributed by atoms with van der Waals surface area (Å²) in [4.78, 5) is 39.6. The zero-order valence-corrected chi connectivity index (χ0v) is 17.2. The number of hydrogen-bond donors (Lipinski definition) is 2. The fourth-order valence-corrected chi connectivity index (χ4v) is 3.99. The fourth-order valence-electron chi connectivity index (χ4n) is 3.99. The Hall–Kier alpha value is -2.67. The molecule has 0 aliphatic carbocycles. The number of esters is 1. The van der Waals surface area contributed by atoms with Crippen molar-refractivity contribution in [2.24, 2.45) is 5.92 Å². The van der Waals surface area contributed by atoms with E-state index in [4.69, 9.17) is 4.74 Å². The number of hydrogen-bond acceptors (Lipinski definition) is 5. The first-order chi connectivity index (χ1) is 14.6. The molecular weight excluding hydrogens is 384 g/mol. The maximum Gasteiger partial charge on any atom is 0.306 e. The van der Waals surface area contributed by atoms with Crippen molar-refractivity contribution in [3.8, 4) is 0 Å². The second kappa shape index (κ2) is 10.9. The lowest BCUT2D eigenvalue weighted by Crippen LogP contribution is -2.42. The SMILES string of the molecule is O=C1CCC=CC[C@H](CC(=O)N2CCC[C@H]2CO)C(=O)N[C@@H](c2ccccc2)CO1. The van der Waals surface area contributed by atoms with E-state index in [0.717, 1.165) is 18.4 Å². The minimum atomic E-state index is -0.518. The summed E-state index contributed by atoms with van der Waals surface area (Å²) in [6.07, 6.45) is 6.71. The number of likely N-dealkylation sites (tertiary alicyclic amines) is 1. The number of aliphatic hydroxyl groups excluding tert-OH is 1. The van der Waals surface area contributed by atoms with Crippen molar-refractivity contribution in [2.75, 3.05) is 19.8 Å². The molecule has 0 spiro atoms. The van der Waals surface area contributed by atoms with E-state index in [1.807, 2.05) is 42.5 Å². The van der Waals surface area contributed by atoms with Crippen LogP contribution >= 0.6 is 0 Å². The molecule has 2 aliphatic heterocycles. The second-order valence-corrected chi connectivity index (χ2v) is 7.87. The maximum absolute atomic E-state index is 13.1. The number of carbonyl (C=O) groups is 3. The third-order valence-corrected chi connectivity index (χ3v) is 5.73. The zero-order chi connectivity index (χ0) is 21.3. The molecular formula is C23H30N2O5. The van der Waals surface area contributed by atoms with Crippen LogP contribution < -0.4 is 5.32 Å². The van der Waals surface area contributed by atoms with Crippen LogP contribution in [0.3, 0.4) is 0 Å². The van der Waals surface area contributed by atoms with Crippen LogP contribution in [-0.2, 0) is 19.1 Å². The molecule has 1 saturated heterocycles. The number of rotatable bonds is 4. The number of aliphatic hydroxyl groups is 1. The molecule has 2 N–H and O–H groups in total. The van der Waals surface area contributed by atoms with E-state index in [2.05, 4.69) is 5.32 Å². The Morgan fingerprint density at radius 1 is 1.20 bits per heavy atom. The van der Waals surface area contributed by atoms with Crippen molar-refractivity contribution in [3.63, 3.8) is 0 Å². The molecule has 2 amide bonds. The average molecular weight is 415 g/mol. The summed E-state index contributed by atoms with van der Waals surface area (Å²) in [7, 11) is 0. The summed E-state index contributed by atoms with van der Waals surface area (Å²) < 4.78 is 5.37. The van der Waals surface area contributed by atoms with Gasteiger partial charge in [0.05, 0.1) is 24.6 Å². The van der Waals surface area contributed by atoms with Crippen LogP contribution in [0.1, 0.15) is 50.1 Å². The van der Waals surface area contributed by atoms with Gasteiger partial charge in [0.1, 0.15) is 6.61 Å². The molecule has 1 aromatic rings. The Balaban J connectivity index is 1.75. The van der Waals surface area contributed by atoms with Gasteiger partial charge in [0.15, 0.2) is 0 Å². The lowest BCUT2D eigenvalue weighted by Gasteiger charge is -2.26. The highest BCUT2D eigenvalue weighted by molar-refractivity contribution is 5.86. The first-order valence-electron chi connectivity index (χ1n) is 10.6. The quantitative estimate of drug-likeness (QED) is 0.581. The number of nitrogens with zero attached hydrogens (tertiary/aromatic N) is 1. The van der Waals surface area contributed by atoms with E-state index in [1.54, 1.807) is 4.90 Å². The van der Waals surface area contributed by atoms with E-state index < -0.39 is 12.0 Å². The summed E-state index contributed by atoms with van der Waals surface area (Å²) in [5, 5.41) is 12.5. The molecule has 7 nitrogen and oxygen atoms in total. The number of amides is 2. The lowest BCUT2D eigenvalue weighted by atomic mass is 9.97. The van der Waals surface area contributed by atoms with Gasteiger partial charge in [-0.2, -0.15) is 0 Å². The lowest BCUT2D eigenvalue weighted by molar-refractivity contribution is -0.145. The van der Waals surface area contributed by atoms with E-state index in [1.165, 1.54) is 0 Å². The molecule has 30 heavy (non-hydrogen) atoms. The van der Waals surface area contributed by atoms with Gasteiger partial charge in [-0.05, 0) is 31.2 Å². The highest BCUT2D eigenvalue weighted by atomic mass is 16.5. The summed E-state index contributed by atoms with van der Waals surface area (Å²) in [5.74, 6) is -1.16. The van der Waals surface area contributed by atoms with Crippen molar-refractivity contribution in [1.82, 2.24) is 10.2 Å². The number of nitrogens with one attached hydrogen (secondary N) is 1. The van der Waals surface area contributed by atoms with Gasteiger partial charge in [0.25, 0.3) is 0 Å². The molecule has 0 radical (unpaired) electrons. The Labute approximate surface area is 177 Å². The monoisotopic (exact) mass is 414 g/mol. The van der Waals surface area contributed by atoms with Crippen molar-refractivity contribution in [3.05, 3.63) is 48.0 Å². The minimum absolute atomic E-state index is 0.0516. The number of benzene rings is 1. The van der Waals surface area contributed by atoms with Gasteiger partial charge >= 0.3 is 5.97 Å². The summed E-state index contributed by atoms with van der Waals surface area (Å²) in [6, 6.07) is 8.74. The second-order valence-electron chi connectivity index (χ2n) is 7.87. The van der Waals surface area contributed by atoms with Gasteiger partial charge < -0.3 is 20.1 Å². The summed E-state index contributed by atoms with van der Waals surface area (Å²) in [6.45, 7) is 0.623. The predicted octanol–water partition coefficient (Wildman–Crippen LogP) is 2.12. The molecule has 1 aromatic carbocycles. The van der Waals surface area contributed by atoms with Crippen LogP contribution in [-0.4, -0.2) is 53.6 Å². The van der Waals surface area contributed by atoms with E-state index in [-0.39, 0.29) is 49.9 Å². The zero-order valence-electron chi connectivity index (χ0n) is 17.2. The standard InChI is InChI=1S/C23H30N2O5/c26-15-19-11-7-13-25(19)21(27)14-18-10-5-2-6-12-22(28)30-16-20(24-23(18)29)17-8-3-1-4-9-17/h1-5,8-9,18-20,26H,6-7,10-16H2,(H,24,29)/t18-,19+,20-/m1/s1. The minimum Gasteiger partial charge on any atom is -0.463 e. The Kier molecular flexibility index (Phi) is 8.02. The van der Waals surface area contributed by atoms with Crippen LogP contribution in [0, 0.1) is 5.92 Å². The van der Waals surface area contributed by atoms with Crippen LogP contribution in [0.4, 0.5) is 0 Å². The Morgan fingerprint density at radius 2 is 2.00 bits per heavy atom. The summed E-state index contributed by atoms with van der Waals surface area (Å²) >= 11 is 0. The van der Waals surface area contributed by atoms with Gasteiger partial charge in [-0.15, -0.1) is 0 Å². The third kappa shape index (κ3) is 5.92. The predicted molar refractivity (Wildman–Crippen MR) is 111 cm³/mol. The highest BCUT2D eigenvalue weighted by Gasteiger charge is 2.32. The van der Waals surface area contributed by atoms with Gasteiger partial charge in [0.2, 0.25) is 11.8 Å². The van der Waals surface area contributed by atoms with Crippen LogP contribution in [0.25, 0.3) is 0 Å². The molecule has 0 saturated carbocycles. The number of cyclic esters (lactones) is 1. The first kappa shape index (κ1) is 22.0. The van der Waals surface area contributed by atoms with Gasteiger partial charge in [-0.25, -0.2) is 0 Å².